The molecule has 1 fully saturated rings. The Hall–Kier alpha value is -0.190. The third-order valence-corrected chi connectivity index (χ3v) is 4.36. The van der Waals surface area contributed by atoms with E-state index in [1.54, 1.807) is 0 Å². The van der Waals surface area contributed by atoms with Crippen LogP contribution in [0.5, 0.6) is 0 Å². The molecule has 0 amide bonds. The number of hydrogen-bond acceptors (Lipinski definition) is 3. The molecule has 3 unspecified atom stereocenters. The van der Waals surface area contributed by atoms with Gasteiger partial charge in [0.1, 0.15) is 0 Å². The van der Waals surface area contributed by atoms with E-state index in [2.05, 4.69) is 13.8 Å². The van der Waals surface area contributed by atoms with Gasteiger partial charge in [0.15, 0.2) is 0 Å². The molecule has 1 aliphatic carbocycles. The van der Waals surface area contributed by atoms with Crippen LogP contribution in [0.4, 0.5) is 0 Å². The lowest BCUT2D eigenvalue weighted by molar-refractivity contribution is 0.212. The van der Waals surface area contributed by atoms with Gasteiger partial charge < -0.3 is 10.8 Å². The molecule has 4 heteroatoms. The van der Waals surface area contributed by atoms with E-state index in [0.717, 1.165) is 37.0 Å². The first kappa shape index (κ1) is 14.9. The molecule has 0 aromatic carbocycles. The normalized spacial score (nSPS) is 26.9. The van der Waals surface area contributed by atoms with E-state index < -0.39 is 6.10 Å². The number of aliphatic hydroxyl groups is 1. The van der Waals surface area contributed by atoms with Crippen molar-refractivity contribution in [3.8, 4) is 0 Å². The number of nitrogens with two attached hydrogens (primary N) is 1. The van der Waals surface area contributed by atoms with E-state index in [1.807, 2.05) is 0 Å². The fourth-order valence-corrected chi connectivity index (χ4v) is 3.09. The molecule has 3 nitrogen and oxygen atoms in total. The van der Waals surface area contributed by atoms with E-state index in [4.69, 9.17) is 5.73 Å². The van der Waals surface area contributed by atoms with Crippen molar-refractivity contribution in [1.29, 1.82) is 0 Å². The molecule has 0 bridgehead atoms. The van der Waals surface area contributed by atoms with E-state index in [9.17, 15) is 9.32 Å². The van der Waals surface area contributed by atoms with Crippen LogP contribution in [0.15, 0.2) is 0 Å². The van der Waals surface area contributed by atoms with E-state index in [-0.39, 0.29) is 12.0 Å². The predicted octanol–water partition coefficient (Wildman–Crippen LogP) is 1.69. The lowest BCUT2D eigenvalue weighted by atomic mass is 9.82. The second-order valence-electron chi connectivity index (χ2n) is 5.60. The van der Waals surface area contributed by atoms with Crippen LogP contribution in [0, 0.1) is 11.8 Å². The van der Waals surface area contributed by atoms with Crippen LogP contribution in [0.3, 0.4) is 0 Å². The molecule has 17 heavy (non-hydrogen) atoms. The Morgan fingerprint density at radius 3 is 2.65 bits per heavy atom. The number of rotatable bonds is 5. The minimum absolute atomic E-state index is 0.202. The van der Waals surface area contributed by atoms with Gasteiger partial charge in [-0.2, -0.15) is 0 Å². The summed E-state index contributed by atoms with van der Waals surface area (Å²) in [5.41, 5.74) is 5.93. The zero-order valence-corrected chi connectivity index (χ0v) is 11.7. The molecule has 0 radical (unpaired) electrons. The van der Waals surface area contributed by atoms with Crippen LogP contribution in [-0.2, 0) is 11.3 Å². The highest BCUT2D eigenvalue weighted by atomic mass is 32.1. The first-order chi connectivity index (χ1) is 8.04. The zero-order valence-electron chi connectivity index (χ0n) is 10.9. The topological polar surface area (TPSA) is 63.3 Å². The van der Waals surface area contributed by atoms with Gasteiger partial charge in [-0.05, 0) is 43.9 Å². The Morgan fingerprint density at radius 2 is 2.12 bits per heavy atom. The van der Waals surface area contributed by atoms with Gasteiger partial charge in [-0.15, -0.1) is 0 Å². The molecule has 1 rings (SSSR count). The van der Waals surface area contributed by atoms with Gasteiger partial charge in [0, 0.05) is 6.04 Å². The van der Waals surface area contributed by atoms with Crippen LogP contribution < -0.4 is 5.73 Å². The Labute approximate surface area is 108 Å². The zero-order chi connectivity index (χ0) is 12.8. The average Bonchev–Trinajstić information content (AvgIpc) is 2.27. The van der Waals surface area contributed by atoms with Crippen molar-refractivity contribution in [3.05, 3.63) is 0 Å². The second-order valence-corrected chi connectivity index (χ2v) is 6.23. The van der Waals surface area contributed by atoms with Crippen LogP contribution in [0.1, 0.15) is 52.4 Å². The molecule has 1 saturated carbocycles. The summed E-state index contributed by atoms with van der Waals surface area (Å²) in [4.78, 5) is 0.723. The van der Waals surface area contributed by atoms with Crippen molar-refractivity contribution < 1.29 is 9.32 Å². The molecule has 3 atom stereocenters. The molecular weight excluding hydrogens is 234 g/mol. The molecule has 0 heterocycles. The van der Waals surface area contributed by atoms with Crippen LogP contribution in [0.2, 0.25) is 0 Å². The fraction of sp³-hybridized carbons (Fsp3) is 0.923. The summed E-state index contributed by atoms with van der Waals surface area (Å²) < 4.78 is 11.2. The molecule has 0 spiro atoms. The lowest BCUT2D eigenvalue weighted by Gasteiger charge is -2.29. The van der Waals surface area contributed by atoms with Gasteiger partial charge in [-0.25, -0.2) is 4.21 Å². The summed E-state index contributed by atoms with van der Waals surface area (Å²) in [6.45, 7) is 4.26. The van der Waals surface area contributed by atoms with E-state index >= 15 is 0 Å². The van der Waals surface area contributed by atoms with Crippen LogP contribution in [-0.4, -0.2) is 26.3 Å². The third-order valence-electron chi connectivity index (χ3n) is 3.56. The Balaban J connectivity index is 2.55. The maximum atomic E-state index is 11.2. The van der Waals surface area contributed by atoms with Gasteiger partial charge >= 0.3 is 0 Å². The molecule has 3 N–H and O–H groups in total. The maximum absolute atomic E-state index is 11.2. The van der Waals surface area contributed by atoms with Gasteiger partial charge in [-0.3, -0.25) is 0 Å². The first-order valence-electron chi connectivity index (χ1n) is 6.64. The van der Waals surface area contributed by atoms with E-state index in [0.29, 0.717) is 23.6 Å². The van der Waals surface area contributed by atoms with Crippen LogP contribution >= 0.6 is 0 Å². The molecular formula is C13H25NO2S. The monoisotopic (exact) mass is 259 g/mol. The van der Waals surface area contributed by atoms with Gasteiger partial charge in [-0.1, -0.05) is 20.3 Å². The average molecular weight is 259 g/mol. The minimum atomic E-state index is -0.546. The van der Waals surface area contributed by atoms with Crippen molar-refractivity contribution in [3.63, 3.8) is 0 Å². The summed E-state index contributed by atoms with van der Waals surface area (Å²) >= 11 is 0.499. The number of hydrogen-bond donors (Lipinski definition) is 2. The maximum Gasteiger partial charge on any atom is 0.0906 e. The Bertz CT molecular complexity index is 287. The SMILES string of the molecule is CC(C)CCC(O)C(=S=O)C1CCCC(N)C1. The molecule has 100 valence electrons. The molecule has 0 aromatic heterocycles. The summed E-state index contributed by atoms with van der Waals surface area (Å²) in [6, 6.07) is 0.202. The summed E-state index contributed by atoms with van der Waals surface area (Å²) in [5.74, 6) is 0.791. The summed E-state index contributed by atoms with van der Waals surface area (Å²) in [7, 11) is 0. The van der Waals surface area contributed by atoms with Crippen molar-refractivity contribution in [2.24, 2.45) is 17.6 Å². The Morgan fingerprint density at radius 1 is 1.41 bits per heavy atom. The Kier molecular flexibility index (Phi) is 6.38. The van der Waals surface area contributed by atoms with E-state index in [1.165, 1.54) is 0 Å². The minimum Gasteiger partial charge on any atom is -0.388 e. The second kappa shape index (κ2) is 7.29. The predicted molar refractivity (Wildman–Crippen MR) is 73.2 cm³/mol. The molecule has 0 aliphatic heterocycles. The molecule has 0 saturated heterocycles. The van der Waals surface area contributed by atoms with Crippen molar-refractivity contribution in [2.45, 2.75) is 64.5 Å². The molecule has 0 aromatic rings. The highest BCUT2D eigenvalue weighted by Crippen LogP contribution is 2.26. The lowest BCUT2D eigenvalue weighted by Crippen LogP contribution is -2.36. The smallest absolute Gasteiger partial charge is 0.0906 e. The first-order valence-corrected chi connectivity index (χ1v) is 7.39. The largest absolute Gasteiger partial charge is 0.388 e. The van der Waals surface area contributed by atoms with Crippen LogP contribution in [0.25, 0.3) is 0 Å². The summed E-state index contributed by atoms with van der Waals surface area (Å²) in [5, 5.41) is 10.1. The fourth-order valence-electron chi connectivity index (χ4n) is 2.52. The highest BCUT2D eigenvalue weighted by Gasteiger charge is 2.27. The van der Waals surface area contributed by atoms with Gasteiger partial charge in [0.05, 0.1) is 22.2 Å². The van der Waals surface area contributed by atoms with Crippen molar-refractivity contribution in [2.75, 3.05) is 0 Å². The van der Waals surface area contributed by atoms with Crippen molar-refractivity contribution in [1.82, 2.24) is 0 Å². The quantitative estimate of drug-likeness (QED) is 0.739. The van der Waals surface area contributed by atoms with Crippen molar-refractivity contribution >= 4 is 16.1 Å². The molecule has 1 aliphatic rings. The van der Waals surface area contributed by atoms with Gasteiger partial charge in [0.2, 0.25) is 0 Å². The standard InChI is InChI=1S/C13H25NO2S/c1-9(2)6-7-12(15)13(17-16)10-4-3-5-11(14)8-10/h9-12,15H,3-8,14H2,1-2H3. The van der Waals surface area contributed by atoms with Gasteiger partial charge in [0.25, 0.3) is 0 Å². The summed E-state index contributed by atoms with van der Waals surface area (Å²) in [6.07, 6.45) is 5.12. The number of aliphatic hydroxyl groups excluding tert-OH is 1. The highest BCUT2D eigenvalue weighted by molar-refractivity contribution is 7.66. The third kappa shape index (κ3) is 4.90.